The van der Waals surface area contributed by atoms with Gasteiger partial charge in [0.1, 0.15) is 0 Å². The minimum absolute atomic E-state index is 0.324. The van der Waals surface area contributed by atoms with Gasteiger partial charge in [-0.3, -0.25) is 4.55 Å². The first-order valence-corrected chi connectivity index (χ1v) is 8.87. The first kappa shape index (κ1) is 23.2. The van der Waals surface area contributed by atoms with Gasteiger partial charge in [-0.15, -0.1) is 0 Å². The van der Waals surface area contributed by atoms with Crippen LogP contribution in [0.15, 0.2) is 25.1 Å². The lowest BCUT2D eigenvalue weighted by Crippen LogP contribution is -2.23. The number of hydrogen-bond acceptors (Lipinski definition) is 6. The maximum Gasteiger partial charge on any atom is 0.522 e. The van der Waals surface area contributed by atoms with Crippen LogP contribution in [0.2, 0.25) is 0 Å². The molecule has 1 aliphatic rings. The monoisotopic (exact) mass is 388 g/mol. The summed E-state index contributed by atoms with van der Waals surface area (Å²) in [5, 5.41) is 0. The van der Waals surface area contributed by atoms with E-state index in [1.54, 1.807) is 0 Å². The predicted octanol–water partition coefficient (Wildman–Crippen LogP) is 2.35. The molecule has 1 aliphatic heterocycles. The summed E-state index contributed by atoms with van der Waals surface area (Å²) in [6.07, 6.45) is 9.84. The standard InChI is InChI=1S/C13H22N2O2.CHF3O3S/c1-3-13(16)17-11-7-5-4-6-8-15-10-9-14(2)12-15;2-1(3,4)8(5,6)7/h3,9-10H,1,4-8,11-12H2,2H3;(H,5,6,7). The first-order valence-electron chi connectivity index (χ1n) is 7.43. The first-order chi connectivity index (χ1) is 11.5. The van der Waals surface area contributed by atoms with Gasteiger partial charge in [-0.1, -0.05) is 13.0 Å². The number of carbonyl (C=O) groups excluding carboxylic acids is 1. The van der Waals surface area contributed by atoms with Crippen molar-refractivity contribution >= 4 is 16.1 Å². The molecule has 146 valence electrons. The number of unbranched alkanes of at least 4 members (excludes halogenated alkanes) is 3. The summed E-state index contributed by atoms with van der Waals surface area (Å²) in [6, 6.07) is 0. The molecule has 1 N–H and O–H groups in total. The van der Waals surface area contributed by atoms with Crippen LogP contribution in [-0.2, 0) is 19.6 Å². The molecule has 7 nitrogen and oxygen atoms in total. The highest BCUT2D eigenvalue weighted by molar-refractivity contribution is 7.86. The molecule has 0 radical (unpaired) electrons. The van der Waals surface area contributed by atoms with E-state index in [1.807, 2.05) is 0 Å². The molecule has 0 aliphatic carbocycles. The van der Waals surface area contributed by atoms with Crippen LogP contribution in [0.1, 0.15) is 25.7 Å². The molecule has 11 heteroatoms. The molecule has 0 saturated heterocycles. The van der Waals surface area contributed by atoms with Crippen molar-refractivity contribution in [3.63, 3.8) is 0 Å². The smallest absolute Gasteiger partial charge is 0.463 e. The average molecular weight is 388 g/mol. The molecule has 1 heterocycles. The van der Waals surface area contributed by atoms with Gasteiger partial charge in [-0.25, -0.2) is 4.79 Å². The van der Waals surface area contributed by atoms with E-state index < -0.39 is 15.6 Å². The molecule has 0 bridgehead atoms. The van der Waals surface area contributed by atoms with Crippen molar-refractivity contribution in [2.45, 2.75) is 31.2 Å². The van der Waals surface area contributed by atoms with Crippen molar-refractivity contribution in [1.29, 1.82) is 0 Å². The van der Waals surface area contributed by atoms with E-state index in [0.717, 1.165) is 26.1 Å². The van der Waals surface area contributed by atoms with Gasteiger partial charge in [0, 0.05) is 32.1 Å². The normalized spacial score (nSPS) is 14.1. The summed E-state index contributed by atoms with van der Waals surface area (Å²) >= 11 is 0. The van der Waals surface area contributed by atoms with E-state index in [9.17, 15) is 18.0 Å². The van der Waals surface area contributed by atoms with Crippen LogP contribution in [0.4, 0.5) is 13.2 Å². The van der Waals surface area contributed by atoms with Gasteiger partial charge < -0.3 is 14.5 Å². The third-order valence-corrected chi connectivity index (χ3v) is 3.56. The fourth-order valence-electron chi connectivity index (χ4n) is 1.74. The second-order valence-electron chi connectivity index (χ2n) is 5.22. The van der Waals surface area contributed by atoms with Crippen molar-refractivity contribution in [1.82, 2.24) is 9.80 Å². The third kappa shape index (κ3) is 11.4. The molecule has 25 heavy (non-hydrogen) atoms. The fourth-order valence-corrected chi connectivity index (χ4v) is 1.74. The van der Waals surface area contributed by atoms with Crippen molar-refractivity contribution in [2.24, 2.45) is 0 Å². The summed E-state index contributed by atoms with van der Waals surface area (Å²) in [7, 11) is -3.77. The molecular weight excluding hydrogens is 365 g/mol. The highest BCUT2D eigenvalue weighted by Crippen LogP contribution is 2.20. The Bertz CT molecular complexity index is 549. The number of hydrogen-bond donors (Lipinski definition) is 1. The van der Waals surface area contributed by atoms with Gasteiger partial charge in [-0.05, 0) is 19.3 Å². The molecule has 0 aromatic heterocycles. The Hall–Kier alpha value is -1.75. The maximum absolute atomic E-state index is 10.7. The lowest BCUT2D eigenvalue weighted by Gasteiger charge is -2.17. The molecule has 0 atom stereocenters. The zero-order valence-electron chi connectivity index (χ0n) is 13.9. The zero-order chi connectivity index (χ0) is 19.5. The summed E-state index contributed by atoms with van der Waals surface area (Å²) in [5.74, 6) is -0.324. The lowest BCUT2D eigenvalue weighted by molar-refractivity contribution is -0.137. The van der Waals surface area contributed by atoms with Gasteiger partial charge in [-0.2, -0.15) is 21.6 Å². The van der Waals surface area contributed by atoms with Crippen molar-refractivity contribution in [3.8, 4) is 0 Å². The highest BCUT2D eigenvalue weighted by atomic mass is 32.2. The molecule has 0 aromatic carbocycles. The van der Waals surface area contributed by atoms with E-state index >= 15 is 0 Å². The van der Waals surface area contributed by atoms with E-state index in [1.165, 1.54) is 18.9 Å². The fraction of sp³-hybridized carbons (Fsp3) is 0.643. The van der Waals surface area contributed by atoms with Crippen LogP contribution >= 0.6 is 0 Å². The van der Waals surface area contributed by atoms with Gasteiger partial charge in [0.15, 0.2) is 0 Å². The Balaban J connectivity index is 0.000000609. The predicted molar refractivity (Wildman–Crippen MR) is 85.7 cm³/mol. The van der Waals surface area contributed by atoms with Crippen molar-refractivity contribution in [2.75, 3.05) is 26.9 Å². The lowest BCUT2D eigenvalue weighted by atomic mass is 10.2. The number of ether oxygens (including phenoxy) is 1. The molecule has 0 aromatic rings. The topological polar surface area (TPSA) is 87.2 Å². The molecule has 0 saturated carbocycles. The Labute approximate surface area is 145 Å². The van der Waals surface area contributed by atoms with Crippen molar-refractivity contribution in [3.05, 3.63) is 25.1 Å². The van der Waals surface area contributed by atoms with Gasteiger partial charge in [0.25, 0.3) is 0 Å². The minimum atomic E-state index is -5.84. The van der Waals surface area contributed by atoms with E-state index in [0.29, 0.717) is 6.61 Å². The molecule has 0 unspecified atom stereocenters. The quantitative estimate of drug-likeness (QED) is 0.225. The second kappa shape index (κ2) is 11.0. The van der Waals surface area contributed by atoms with Crippen molar-refractivity contribution < 1.29 is 35.7 Å². The second-order valence-corrected chi connectivity index (χ2v) is 6.63. The molecule has 0 spiro atoms. The molecular formula is C14H23F3N2O5S. The average Bonchev–Trinajstić information content (AvgIpc) is 2.90. The van der Waals surface area contributed by atoms with Gasteiger partial charge >= 0.3 is 21.6 Å². The minimum Gasteiger partial charge on any atom is -0.463 e. The van der Waals surface area contributed by atoms with E-state index in [4.69, 9.17) is 17.7 Å². The largest absolute Gasteiger partial charge is 0.522 e. The molecule has 1 rings (SSSR count). The number of esters is 1. The van der Waals surface area contributed by atoms with Crippen LogP contribution in [0.5, 0.6) is 0 Å². The number of alkyl halides is 3. The van der Waals surface area contributed by atoms with E-state index in [2.05, 4.69) is 35.8 Å². The Morgan fingerprint density at radius 1 is 1.28 bits per heavy atom. The highest BCUT2D eigenvalue weighted by Gasteiger charge is 2.44. The van der Waals surface area contributed by atoms with Crippen LogP contribution < -0.4 is 0 Å². The van der Waals surface area contributed by atoms with Crippen LogP contribution in [0, 0.1) is 0 Å². The van der Waals surface area contributed by atoms with Crippen LogP contribution in [-0.4, -0.2) is 61.1 Å². The Morgan fingerprint density at radius 3 is 2.28 bits per heavy atom. The maximum atomic E-state index is 10.7. The zero-order valence-corrected chi connectivity index (χ0v) is 14.7. The molecule has 0 amide bonds. The SMILES string of the molecule is C=CC(=O)OCCCCCCN1C=CN(C)C1.O=S(=O)(O)C(F)(F)F. The number of carbonyl (C=O) groups is 1. The third-order valence-electron chi connectivity index (χ3n) is 2.98. The summed E-state index contributed by atoms with van der Waals surface area (Å²) in [6.45, 7) is 5.96. The summed E-state index contributed by atoms with van der Waals surface area (Å²) in [5.41, 5.74) is -5.53. The molecule has 0 fully saturated rings. The van der Waals surface area contributed by atoms with Crippen LogP contribution in [0.3, 0.4) is 0 Å². The number of halogens is 3. The van der Waals surface area contributed by atoms with E-state index in [-0.39, 0.29) is 5.97 Å². The summed E-state index contributed by atoms with van der Waals surface area (Å²) < 4.78 is 62.4. The Morgan fingerprint density at radius 2 is 1.84 bits per heavy atom. The van der Waals surface area contributed by atoms with Gasteiger partial charge in [0.2, 0.25) is 0 Å². The number of rotatable bonds is 8. The van der Waals surface area contributed by atoms with Gasteiger partial charge in [0.05, 0.1) is 13.3 Å². The summed E-state index contributed by atoms with van der Waals surface area (Å²) in [4.78, 5) is 15.2. The number of nitrogens with zero attached hydrogens (tertiary/aromatic N) is 2. The van der Waals surface area contributed by atoms with Crippen LogP contribution in [0.25, 0.3) is 0 Å². The Kier molecular flexibility index (Phi) is 10.2.